The largest absolute Gasteiger partial charge is 0.507 e. The van der Waals surface area contributed by atoms with Gasteiger partial charge in [0.2, 0.25) is 0 Å². The lowest BCUT2D eigenvalue weighted by Crippen LogP contribution is -2.29. The molecule has 2 aromatic carbocycles. The van der Waals surface area contributed by atoms with E-state index < -0.39 is 17.7 Å². The Morgan fingerprint density at radius 3 is 2.36 bits per heavy atom. The van der Waals surface area contributed by atoms with Crippen molar-refractivity contribution >= 4 is 57.7 Å². The number of thiophene rings is 1. The van der Waals surface area contributed by atoms with Gasteiger partial charge in [0.1, 0.15) is 23.3 Å². The molecule has 3 aromatic rings. The lowest BCUT2D eigenvalue weighted by Gasteiger charge is -2.24. The lowest BCUT2D eigenvalue weighted by molar-refractivity contribution is -0.132. The maximum absolute atomic E-state index is 13.2. The Balaban J connectivity index is 1.97. The molecule has 1 fully saturated rings. The number of nitrogens with zero attached hydrogens (tertiary/aromatic N) is 1. The van der Waals surface area contributed by atoms with E-state index >= 15 is 0 Å². The van der Waals surface area contributed by atoms with Crippen LogP contribution in [0.3, 0.4) is 0 Å². The highest BCUT2D eigenvalue weighted by atomic mass is 35.5. The second-order valence-corrected chi connectivity index (χ2v) is 9.10. The number of ether oxygens (including phenoxy) is 2. The van der Waals surface area contributed by atoms with Gasteiger partial charge in [0.15, 0.2) is 0 Å². The van der Waals surface area contributed by atoms with Crippen LogP contribution in [0.15, 0.2) is 53.4 Å². The summed E-state index contributed by atoms with van der Waals surface area (Å²) in [7, 11) is 2.85. The Hall–Kier alpha value is -3.00. The van der Waals surface area contributed by atoms with Crippen LogP contribution in [0, 0.1) is 6.92 Å². The van der Waals surface area contributed by atoms with Crippen molar-refractivity contribution < 1.29 is 24.2 Å². The molecule has 0 bridgehead atoms. The van der Waals surface area contributed by atoms with E-state index in [1.165, 1.54) is 42.6 Å². The Kier molecular flexibility index (Phi) is 6.38. The molecule has 1 atom stereocenters. The average molecular weight is 504 g/mol. The van der Waals surface area contributed by atoms with Gasteiger partial charge in [0.05, 0.1) is 30.4 Å². The second-order valence-electron chi connectivity index (χ2n) is 7.31. The smallest absolute Gasteiger partial charge is 0.300 e. The van der Waals surface area contributed by atoms with Crippen molar-refractivity contribution in [2.45, 2.75) is 13.0 Å². The van der Waals surface area contributed by atoms with Gasteiger partial charge in [-0.05, 0) is 42.1 Å². The van der Waals surface area contributed by atoms with Gasteiger partial charge in [0.25, 0.3) is 11.7 Å². The summed E-state index contributed by atoms with van der Waals surface area (Å²) in [6.07, 6.45) is 0. The quantitative estimate of drug-likeness (QED) is 0.262. The van der Waals surface area contributed by atoms with Crippen molar-refractivity contribution in [2.24, 2.45) is 0 Å². The molecule has 6 nitrogen and oxygen atoms in total. The molecular formula is C24H19Cl2NO5S. The number of aliphatic hydroxyl groups excluding tert-OH is 1. The molecule has 4 rings (SSSR count). The summed E-state index contributed by atoms with van der Waals surface area (Å²) in [5.74, 6) is -1.47. The van der Waals surface area contributed by atoms with Crippen LogP contribution < -0.4 is 14.4 Å². The first-order valence-electron chi connectivity index (χ1n) is 9.81. The highest BCUT2D eigenvalue weighted by molar-refractivity contribution is 7.10. The Morgan fingerprint density at radius 2 is 1.76 bits per heavy atom. The van der Waals surface area contributed by atoms with E-state index in [9.17, 15) is 14.7 Å². The predicted octanol–water partition coefficient (Wildman–Crippen LogP) is 6.01. The van der Waals surface area contributed by atoms with E-state index in [1.54, 1.807) is 24.3 Å². The minimum absolute atomic E-state index is 0.0678. The first-order valence-corrected chi connectivity index (χ1v) is 11.4. The summed E-state index contributed by atoms with van der Waals surface area (Å²) < 4.78 is 10.6. The van der Waals surface area contributed by atoms with Crippen LogP contribution in [0.4, 0.5) is 5.69 Å². The Bertz CT molecular complexity index is 1290. The fraction of sp³-hybridized carbons (Fsp3) is 0.167. The van der Waals surface area contributed by atoms with Crippen LogP contribution in [-0.4, -0.2) is 31.0 Å². The first-order chi connectivity index (χ1) is 15.8. The van der Waals surface area contributed by atoms with Crippen LogP contribution in [0.25, 0.3) is 5.76 Å². The van der Waals surface area contributed by atoms with Crippen molar-refractivity contribution in [3.05, 3.63) is 79.5 Å². The molecule has 1 amide bonds. The molecular weight excluding hydrogens is 485 g/mol. The SMILES string of the molecule is COc1cc(/C(O)=C2\C(=O)C(=O)N(c3ccc(C)c(Cl)c3)C2c2cccs2)c(OC)cc1Cl. The fourth-order valence-corrected chi connectivity index (χ4v) is 4.97. The number of halogens is 2. The molecule has 1 unspecified atom stereocenters. The van der Waals surface area contributed by atoms with Crippen molar-refractivity contribution in [1.29, 1.82) is 0 Å². The lowest BCUT2D eigenvalue weighted by atomic mass is 9.99. The number of carbonyl (C=O) groups is 2. The van der Waals surface area contributed by atoms with Gasteiger partial charge in [-0.1, -0.05) is 35.3 Å². The van der Waals surface area contributed by atoms with Gasteiger partial charge in [-0.2, -0.15) is 0 Å². The molecule has 1 aliphatic rings. The molecule has 33 heavy (non-hydrogen) atoms. The highest BCUT2D eigenvalue weighted by Gasteiger charge is 2.47. The molecule has 0 saturated carbocycles. The van der Waals surface area contributed by atoms with E-state index in [2.05, 4.69) is 0 Å². The van der Waals surface area contributed by atoms with E-state index in [0.29, 0.717) is 15.6 Å². The minimum atomic E-state index is -0.852. The first kappa shape index (κ1) is 23.2. The zero-order valence-electron chi connectivity index (χ0n) is 17.9. The number of amides is 1. The van der Waals surface area contributed by atoms with E-state index in [1.807, 2.05) is 18.4 Å². The number of ketones is 1. The summed E-state index contributed by atoms with van der Waals surface area (Å²) in [6.45, 7) is 1.84. The number of aryl methyl sites for hydroxylation is 1. The number of carbonyl (C=O) groups excluding carboxylic acids is 2. The number of aliphatic hydroxyl groups is 1. The highest BCUT2D eigenvalue weighted by Crippen LogP contribution is 2.46. The van der Waals surface area contributed by atoms with Gasteiger partial charge in [-0.25, -0.2) is 0 Å². The van der Waals surface area contributed by atoms with Crippen molar-refractivity contribution in [3.63, 3.8) is 0 Å². The van der Waals surface area contributed by atoms with Crippen LogP contribution in [-0.2, 0) is 9.59 Å². The Labute approximate surface area is 204 Å². The van der Waals surface area contributed by atoms with E-state index in [-0.39, 0.29) is 33.4 Å². The van der Waals surface area contributed by atoms with Gasteiger partial charge in [0, 0.05) is 21.7 Å². The number of methoxy groups -OCH3 is 2. The molecule has 9 heteroatoms. The van der Waals surface area contributed by atoms with Crippen LogP contribution >= 0.6 is 34.5 Å². The summed E-state index contributed by atoms with van der Waals surface area (Å²) in [4.78, 5) is 28.5. The molecule has 2 heterocycles. The topological polar surface area (TPSA) is 76.1 Å². The number of rotatable bonds is 5. The molecule has 170 valence electrons. The third kappa shape index (κ3) is 3.97. The monoisotopic (exact) mass is 503 g/mol. The van der Waals surface area contributed by atoms with Crippen molar-refractivity contribution in [2.75, 3.05) is 19.1 Å². The van der Waals surface area contributed by atoms with Crippen molar-refractivity contribution in [3.8, 4) is 11.5 Å². The average Bonchev–Trinajstić information content (AvgIpc) is 3.42. The van der Waals surface area contributed by atoms with Gasteiger partial charge < -0.3 is 14.6 Å². The van der Waals surface area contributed by atoms with Gasteiger partial charge in [-0.3, -0.25) is 14.5 Å². The van der Waals surface area contributed by atoms with Gasteiger partial charge in [-0.15, -0.1) is 11.3 Å². The van der Waals surface area contributed by atoms with Crippen LogP contribution in [0.5, 0.6) is 11.5 Å². The molecule has 0 spiro atoms. The summed E-state index contributed by atoms with van der Waals surface area (Å²) >= 11 is 13.9. The maximum atomic E-state index is 13.2. The molecule has 1 N–H and O–H groups in total. The van der Waals surface area contributed by atoms with Crippen LogP contribution in [0.1, 0.15) is 22.0 Å². The summed E-state index contributed by atoms with van der Waals surface area (Å²) in [6, 6.07) is 10.8. The number of hydrogen-bond acceptors (Lipinski definition) is 6. The molecule has 1 aliphatic heterocycles. The number of anilines is 1. The van der Waals surface area contributed by atoms with Gasteiger partial charge >= 0.3 is 0 Å². The van der Waals surface area contributed by atoms with E-state index in [4.69, 9.17) is 32.7 Å². The number of hydrogen-bond donors (Lipinski definition) is 1. The fourth-order valence-electron chi connectivity index (χ4n) is 3.74. The summed E-state index contributed by atoms with van der Waals surface area (Å²) in [5, 5.41) is 13.9. The van der Waals surface area contributed by atoms with E-state index in [0.717, 1.165) is 5.56 Å². The standard InChI is InChI=1S/C24H19Cl2NO5S/c1-12-6-7-13(9-15(12)25)27-21(19-5-4-8-33-19)20(23(29)24(27)30)22(28)14-10-18(32-3)16(26)11-17(14)31-2/h4-11,21,28H,1-3H3/b22-20+. The molecule has 0 radical (unpaired) electrons. The molecule has 1 aromatic heterocycles. The zero-order chi connectivity index (χ0) is 23.9. The minimum Gasteiger partial charge on any atom is -0.507 e. The molecule has 0 aliphatic carbocycles. The summed E-state index contributed by atoms with van der Waals surface area (Å²) in [5.41, 5.74) is 1.40. The molecule has 1 saturated heterocycles. The zero-order valence-corrected chi connectivity index (χ0v) is 20.2. The Morgan fingerprint density at radius 1 is 1.03 bits per heavy atom. The van der Waals surface area contributed by atoms with Crippen molar-refractivity contribution in [1.82, 2.24) is 0 Å². The second kappa shape index (κ2) is 9.09. The third-order valence-electron chi connectivity index (χ3n) is 5.42. The normalized spacial score (nSPS) is 17.5. The number of benzene rings is 2. The van der Waals surface area contributed by atoms with Crippen LogP contribution in [0.2, 0.25) is 10.0 Å². The number of Topliss-reactive ketones (excluding diaryl/α,β-unsaturated/α-hetero) is 1. The predicted molar refractivity (Wildman–Crippen MR) is 130 cm³/mol. The third-order valence-corrected chi connectivity index (χ3v) is 7.05. The maximum Gasteiger partial charge on any atom is 0.300 e.